The van der Waals surface area contributed by atoms with Crippen LogP contribution in [0.3, 0.4) is 0 Å². The van der Waals surface area contributed by atoms with E-state index in [0.29, 0.717) is 13.2 Å². The lowest BCUT2D eigenvalue weighted by atomic mass is 10.3. The van der Waals surface area contributed by atoms with Crippen LogP contribution in [0.15, 0.2) is 0 Å². The summed E-state index contributed by atoms with van der Waals surface area (Å²) in [6, 6.07) is 0. The van der Waals surface area contributed by atoms with E-state index in [9.17, 15) is 4.79 Å². The molecule has 14 heavy (non-hydrogen) atoms. The van der Waals surface area contributed by atoms with Crippen LogP contribution in [0, 0.1) is 0 Å². The monoisotopic (exact) mass is 203 g/mol. The molecule has 0 fully saturated rings. The topological polar surface area (TPSA) is 58.6 Å². The first-order valence-corrected chi connectivity index (χ1v) is 5.22. The molecule has 4 nitrogen and oxygen atoms in total. The molecule has 0 aromatic rings. The van der Waals surface area contributed by atoms with E-state index in [1.165, 1.54) is 6.92 Å². The minimum atomic E-state index is -0.920. The van der Waals surface area contributed by atoms with Crippen molar-refractivity contribution in [1.82, 2.24) is 5.32 Å². The molecular weight excluding hydrogens is 182 g/mol. The molecule has 0 aliphatic heterocycles. The van der Waals surface area contributed by atoms with E-state index in [4.69, 9.17) is 9.84 Å². The number of hydrogen-bond acceptors (Lipinski definition) is 3. The van der Waals surface area contributed by atoms with Gasteiger partial charge in [-0.05, 0) is 19.8 Å². The van der Waals surface area contributed by atoms with Crippen LogP contribution in [0.4, 0.5) is 0 Å². The second-order valence-electron chi connectivity index (χ2n) is 3.29. The standard InChI is InChI=1S/C10H21NO3/c1-3-4-7-14-8-5-6-11-10(13)9(2)12/h9,12H,3-8H2,1-2H3,(H,11,13). The Morgan fingerprint density at radius 3 is 2.64 bits per heavy atom. The second-order valence-corrected chi connectivity index (χ2v) is 3.29. The largest absolute Gasteiger partial charge is 0.384 e. The molecule has 0 saturated carbocycles. The van der Waals surface area contributed by atoms with E-state index in [1.54, 1.807) is 0 Å². The van der Waals surface area contributed by atoms with Crippen LogP contribution in [0.2, 0.25) is 0 Å². The second kappa shape index (κ2) is 8.97. The SMILES string of the molecule is CCCCOCCCNC(=O)C(C)O. The molecule has 84 valence electrons. The van der Waals surface area contributed by atoms with Crippen molar-refractivity contribution in [2.45, 2.75) is 39.2 Å². The highest BCUT2D eigenvalue weighted by atomic mass is 16.5. The number of carbonyl (C=O) groups is 1. The molecule has 2 N–H and O–H groups in total. The van der Waals surface area contributed by atoms with Gasteiger partial charge in [-0.15, -0.1) is 0 Å². The molecule has 0 aliphatic carbocycles. The third kappa shape index (κ3) is 8.01. The first-order valence-electron chi connectivity index (χ1n) is 5.22. The molecule has 0 aromatic heterocycles. The third-order valence-electron chi connectivity index (χ3n) is 1.79. The Balaban J connectivity index is 3.10. The zero-order valence-corrected chi connectivity index (χ0v) is 9.08. The van der Waals surface area contributed by atoms with Crippen LogP contribution in [0.25, 0.3) is 0 Å². The van der Waals surface area contributed by atoms with Crippen LogP contribution >= 0.6 is 0 Å². The zero-order chi connectivity index (χ0) is 10.8. The lowest BCUT2D eigenvalue weighted by molar-refractivity contribution is -0.128. The summed E-state index contributed by atoms with van der Waals surface area (Å²) < 4.78 is 5.30. The van der Waals surface area contributed by atoms with Gasteiger partial charge in [-0.3, -0.25) is 4.79 Å². The zero-order valence-electron chi connectivity index (χ0n) is 9.08. The van der Waals surface area contributed by atoms with E-state index < -0.39 is 6.10 Å². The summed E-state index contributed by atoms with van der Waals surface area (Å²) in [6.07, 6.45) is 2.09. The number of nitrogens with one attached hydrogen (secondary N) is 1. The number of unbranched alkanes of at least 4 members (excludes halogenated alkanes) is 1. The van der Waals surface area contributed by atoms with E-state index in [2.05, 4.69) is 12.2 Å². The molecule has 0 radical (unpaired) electrons. The average Bonchev–Trinajstić information content (AvgIpc) is 2.16. The number of hydrogen-bond donors (Lipinski definition) is 2. The van der Waals surface area contributed by atoms with Crippen molar-refractivity contribution in [1.29, 1.82) is 0 Å². The molecule has 0 saturated heterocycles. The molecule has 1 amide bonds. The van der Waals surface area contributed by atoms with Crippen molar-refractivity contribution in [2.24, 2.45) is 0 Å². The maximum atomic E-state index is 10.9. The predicted octanol–water partition coefficient (Wildman–Crippen LogP) is 0.690. The fourth-order valence-corrected chi connectivity index (χ4v) is 0.882. The molecule has 1 unspecified atom stereocenters. The van der Waals surface area contributed by atoms with Gasteiger partial charge in [0.05, 0.1) is 0 Å². The molecular formula is C10H21NO3. The van der Waals surface area contributed by atoms with Crippen LogP contribution < -0.4 is 5.32 Å². The molecule has 1 atom stereocenters. The highest BCUT2D eigenvalue weighted by molar-refractivity contribution is 5.79. The van der Waals surface area contributed by atoms with Crippen molar-refractivity contribution in [3.63, 3.8) is 0 Å². The molecule has 0 rings (SSSR count). The Labute approximate surface area is 85.6 Å². The van der Waals surface area contributed by atoms with Gasteiger partial charge in [-0.1, -0.05) is 13.3 Å². The molecule has 0 heterocycles. The molecule has 0 aromatic carbocycles. The number of rotatable bonds is 8. The highest BCUT2D eigenvalue weighted by Gasteiger charge is 2.06. The minimum absolute atomic E-state index is 0.321. The van der Waals surface area contributed by atoms with Gasteiger partial charge < -0.3 is 15.2 Å². The Morgan fingerprint density at radius 2 is 2.07 bits per heavy atom. The van der Waals surface area contributed by atoms with Crippen molar-refractivity contribution in [2.75, 3.05) is 19.8 Å². The van der Waals surface area contributed by atoms with Crippen molar-refractivity contribution in [3.8, 4) is 0 Å². The predicted molar refractivity (Wildman–Crippen MR) is 55.0 cm³/mol. The maximum Gasteiger partial charge on any atom is 0.248 e. The number of aliphatic hydroxyl groups is 1. The third-order valence-corrected chi connectivity index (χ3v) is 1.79. The van der Waals surface area contributed by atoms with Crippen LogP contribution in [-0.2, 0) is 9.53 Å². The molecule has 0 spiro atoms. The number of ether oxygens (including phenoxy) is 1. The van der Waals surface area contributed by atoms with Crippen molar-refractivity contribution in [3.05, 3.63) is 0 Å². The Hall–Kier alpha value is -0.610. The lowest BCUT2D eigenvalue weighted by Crippen LogP contribution is -2.33. The number of amides is 1. The van der Waals surface area contributed by atoms with Crippen LogP contribution in [0.5, 0.6) is 0 Å². The molecule has 0 bridgehead atoms. The summed E-state index contributed by atoms with van der Waals surface area (Å²) in [4.78, 5) is 10.9. The Kier molecular flexibility index (Phi) is 8.57. The normalized spacial score (nSPS) is 12.5. The first-order chi connectivity index (χ1) is 6.68. The molecule has 0 aliphatic rings. The van der Waals surface area contributed by atoms with E-state index >= 15 is 0 Å². The smallest absolute Gasteiger partial charge is 0.248 e. The van der Waals surface area contributed by atoms with Crippen LogP contribution in [0.1, 0.15) is 33.1 Å². The average molecular weight is 203 g/mol. The first kappa shape index (κ1) is 13.4. The van der Waals surface area contributed by atoms with E-state index in [-0.39, 0.29) is 5.91 Å². The van der Waals surface area contributed by atoms with Crippen molar-refractivity contribution >= 4 is 5.91 Å². The fraction of sp³-hybridized carbons (Fsp3) is 0.900. The minimum Gasteiger partial charge on any atom is -0.384 e. The van der Waals surface area contributed by atoms with Gasteiger partial charge >= 0.3 is 0 Å². The van der Waals surface area contributed by atoms with Gasteiger partial charge in [0.25, 0.3) is 0 Å². The summed E-state index contributed by atoms with van der Waals surface area (Å²) in [5, 5.41) is 11.5. The van der Waals surface area contributed by atoms with Gasteiger partial charge in [0.2, 0.25) is 5.91 Å². The number of aliphatic hydroxyl groups excluding tert-OH is 1. The number of carbonyl (C=O) groups excluding carboxylic acids is 1. The van der Waals surface area contributed by atoms with Gasteiger partial charge in [0, 0.05) is 19.8 Å². The van der Waals surface area contributed by atoms with E-state index in [1.807, 2.05) is 0 Å². The summed E-state index contributed by atoms with van der Waals surface area (Å²) in [5.41, 5.74) is 0. The summed E-state index contributed by atoms with van der Waals surface area (Å²) in [5.74, 6) is -0.321. The van der Waals surface area contributed by atoms with Gasteiger partial charge in [0.15, 0.2) is 0 Å². The van der Waals surface area contributed by atoms with Crippen LogP contribution in [-0.4, -0.2) is 36.9 Å². The lowest BCUT2D eigenvalue weighted by Gasteiger charge is -2.07. The summed E-state index contributed by atoms with van der Waals surface area (Å²) in [6.45, 7) is 5.59. The highest BCUT2D eigenvalue weighted by Crippen LogP contribution is 1.89. The Morgan fingerprint density at radius 1 is 1.43 bits per heavy atom. The summed E-state index contributed by atoms with van der Waals surface area (Å²) >= 11 is 0. The Bertz CT molecular complexity index is 148. The maximum absolute atomic E-state index is 10.9. The van der Waals surface area contributed by atoms with Crippen molar-refractivity contribution < 1.29 is 14.6 Å². The quantitative estimate of drug-likeness (QED) is 0.571. The van der Waals surface area contributed by atoms with Gasteiger partial charge in [-0.25, -0.2) is 0 Å². The fourth-order valence-electron chi connectivity index (χ4n) is 0.882. The van der Waals surface area contributed by atoms with Gasteiger partial charge in [0.1, 0.15) is 6.10 Å². The molecule has 4 heteroatoms. The summed E-state index contributed by atoms with van der Waals surface area (Å²) in [7, 11) is 0. The van der Waals surface area contributed by atoms with Gasteiger partial charge in [-0.2, -0.15) is 0 Å². The van der Waals surface area contributed by atoms with E-state index in [0.717, 1.165) is 25.9 Å².